The van der Waals surface area contributed by atoms with Crippen molar-refractivity contribution in [3.8, 4) is 17.1 Å². The van der Waals surface area contributed by atoms with Crippen LogP contribution in [0.3, 0.4) is 0 Å². The van der Waals surface area contributed by atoms with Gasteiger partial charge in [-0.15, -0.1) is 0 Å². The third-order valence-corrected chi connectivity index (χ3v) is 2.62. The first-order chi connectivity index (χ1) is 9.27. The van der Waals surface area contributed by atoms with Crippen molar-refractivity contribution in [3.05, 3.63) is 65.2 Å². The largest absolute Gasteiger partial charge is 0.446 e. The second-order valence-corrected chi connectivity index (χ2v) is 3.80. The molecule has 2 heterocycles. The lowest BCUT2D eigenvalue weighted by Gasteiger charge is -2.04. The zero-order chi connectivity index (χ0) is 13.2. The third kappa shape index (κ3) is 1.93. The van der Waals surface area contributed by atoms with Crippen LogP contribution in [0, 0.1) is 5.82 Å². The SMILES string of the molecule is O=c1onc(-c2cccnc2)n1-c1ccccc1F. The first-order valence-electron chi connectivity index (χ1n) is 5.51. The van der Waals surface area contributed by atoms with Gasteiger partial charge in [0.05, 0.1) is 5.69 Å². The molecule has 0 radical (unpaired) electrons. The first-order valence-corrected chi connectivity index (χ1v) is 5.51. The molecule has 0 amide bonds. The summed E-state index contributed by atoms with van der Waals surface area (Å²) in [5.74, 6) is -1.06. The third-order valence-electron chi connectivity index (χ3n) is 2.62. The predicted molar refractivity (Wildman–Crippen MR) is 65.3 cm³/mol. The van der Waals surface area contributed by atoms with Gasteiger partial charge in [0, 0.05) is 18.0 Å². The van der Waals surface area contributed by atoms with Crippen LogP contribution in [0.15, 0.2) is 58.1 Å². The molecule has 19 heavy (non-hydrogen) atoms. The van der Waals surface area contributed by atoms with Crippen LogP contribution in [-0.4, -0.2) is 14.7 Å². The molecule has 0 unspecified atom stereocenters. The molecule has 0 N–H and O–H groups in total. The van der Waals surface area contributed by atoms with Gasteiger partial charge < -0.3 is 0 Å². The van der Waals surface area contributed by atoms with E-state index in [4.69, 9.17) is 0 Å². The Morgan fingerprint density at radius 3 is 2.74 bits per heavy atom. The lowest BCUT2D eigenvalue weighted by Crippen LogP contribution is -2.14. The van der Waals surface area contributed by atoms with Crippen molar-refractivity contribution >= 4 is 0 Å². The minimum atomic E-state index is -0.746. The second kappa shape index (κ2) is 4.49. The van der Waals surface area contributed by atoms with Crippen LogP contribution in [0.1, 0.15) is 0 Å². The Balaban J connectivity index is 2.26. The van der Waals surface area contributed by atoms with Crippen LogP contribution >= 0.6 is 0 Å². The quantitative estimate of drug-likeness (QED) is 0.704. The van der Waals surface area contributed by atoms with Gasteiger partial charge in [0.25, 0.3) is 0 Å². The van der Waals surface area contributed by atoms with Crippen LogP contribution < -0.4 is 5.76 Å². The highest BCUT2D eigenvalue weighted by atomic mass is 19.1. The van der Waals surface area contributed by atoms with E-state index in [-0.39, 0.29) is 11.5 Å². The normalized spacial score (nSPS) is 10.6. The fourth-order valence-corrected chi connectivity index (χ4v) is 1.77. The van der Waals surface area contributed by atoms with Gasteiger partial charge in [-0.3, -0.25) is 9.51 Å². The van der Waals surface area contributed by atoms with E-state index >= 15 is 0 Å². The van der Waals surface area contributed by atoms with Gasteiger partial charge in [-0.1, -0.05) is 17.3 Å². The Hall–Kier alpha value is -2.76. The highest BCUT2D eigenvalue weighted by molar-refractivity contribution is 5.56. The monoisotopic (exact) mass is 257 g/mol. The van der Waals surface area contributed by atoms with Crippen molar-refractivity contribution in [2.24, 2.45) is 0 Å². The molecule has 0 saturated carbocycles. The average Bonchev–Trinajstić information content (AvgIpc) is 2.82. The van der Waals surface area contributed by atoms with Gasteiger partial charge >= 0.3 is 5.76 Å². The predicted octanol–water partition coefficient (Wildman–Crippen LogP) is 2.03. The van der Waals surface area contributed by atoms with Crippen LogP contribution in [0.5, 0.6) is 0 Å². The van der Waals surface area contributed by atoms with Crippen molar-refractivity contribution < 1.29 is 8.91 Å². The van der Waals surface area contributed by atoms with Crippen molar-refractivity contribution in [2.45, 2.75) is 0 Å². The van der Waals surface area contributed by atoms with Crippen LogP contribution in [-0.2, 0) is 0 Å². The van der Waals surface area contributed by atoms with E-state index in [1.54, 1.807) is 30.5 Å². The molecule has 0 saturated heterocycles. The van der Waals surface area contributed by atoms with Gasteiger partial charge in [0.15, 0.2) is 5.82 Å². The van der Waals surface area contributed by atoms with Crippen molar-refractivity contribution in [2.75, 3.05) is 0 Å². The Bertz CT molecular complexity index is 765. The molecule has 3 rings (SSSR count). The minimum Gasteiger partial charge on any atom is -0.295 e. The van der Waals surface area contributed by atoms with E-state index in [1.165, 1.54) is 18.3 Å². The average molecular weight is 257 g/mol. The lowest BCUT2D eigenvalue weighted by molar-refractivity contribution is 0.383. The molecule has 5 nitrogen and oxygen atoms in total. The molecule has 3 aromatic rings. The van der Waals surface area contributed by atoms with Crippen molar-refractivity contribution in [1.29, 1.82) is 0 Å². The number of aromatic nitrogens is 3. The Morgan fingerprint density at radius 1 is 1.16 bits per heavy atom. The molecule has 0 atom stereocenters. The maximum atomic E-state index is 13.8. The number of hydrogen-bond donors (Lipinski definition) is 0. The molecule has 0 aliphatic heterocycles. The van der Waals surface area contributed by atoms with Crippen LogP contribution in [0.25, 0.3) is 17.1 Å². The van der Waals surface area contributed by atoms with Crippen LogP contribution in [0.2, 0.25) is 0 Å². The van der Waals surface area contributed by atoms with E-state index in [9.17, 15) is 9.18 Å². The smallest absolute Gasteiger partial charge is 0.295 e. The second-order valence-electron chi connectivity index (χ2n) is 3.80. The molecule has 0 aliphatic carbocycles. The Morgan fingerprint density at radius 2 is 2.00 bits per heavy atom. The Kier molecular flexibility index (Phi) is 2.68. The summed E-state index contributed by atoms with van der Waals surface area (Å²) in [7, 11) is 0. The number of benzene rings is 1. The van der Waals surface area contributed by atoms with Gasteiger partial charge in [0.1, 0.15) is 5.82 Å². The molecular weight excluding hydrogens is 249 g/mol. The minimum absolute atomic E-state index is 0.0904. The first kappa shape index (κ1) is 11.3. The van der Waals surface area contributed by atoms with Gasteiger partial charge in [-0.05, 0) is 24.3 Å². The number of pyridine rings is 1. The maximum Gasteiger partial charge on any atom is 0.446 e. The summed E-state index contributed by atoms with van der Waals surface area (Å²) in [6.07, 6.45) is 3.11. The number of hydrogen-bond acceptors (Lipinski definition) is 4. The van der Waals surface area contributed by atoms with Gasteiger partial charge in [0.2, 0.25) is 0 Å². The molecule has 94 valence electrons. The molecule has 0 spiro atoms. The fraction of sp³-hybridized carbons (Fsp3) is 0. The molecule has 1 aromatic carbocycles. The lowest BCUT2D eigenvalue weighted by atomic mass is 10.2. The van der Waals surface area contributed by atoms with E-state index in [1.807, 2.05) is 0 Å². The molecule has 0 aliphatic rings. The van der Waals surface area contributed by atoms with E-state index in [2.05, 4.69) is 14.7 Å². The zero-order valence-corrected chi connectivity index (χ0v) is 9.65. The number of rotatable bonds is 2. The molecular formula is C13H8FN3O2. The van der Waals surface area contributed by atoms with E-state index in [0.29, 0.717) is 5.56 Å². The molecule has 2 aromatic heterocycles. The Labute approximate surface area is 106 Å². The zero-order valence-electron chi connectivity index (χ0n) is 9.65. The van der Waals surface area contributed by atoms with Gasteiger partial charge in [-0.2, -0.15) is 0 Å². The molecule has 0 fully saturated rings. The summed E-state index contributed by atoms with van der Waals surface area (Å²) >= 11 is 0. The summed E-state index contributed by atoms with van der Waals surface area (Å²) < 4.78 is 19.5. The van der Waals surface area contributed by atoms with E-state index in [0.717, 1.165) is 4.57 Å². The summed E-state index contributed by atoms with van der Waals surface area (Å²) in [6.45, 7) is 0. The topological polar surface area (TPSA) is 60.9 Å². The van der Waals surface area contributed by atoms with Gasteiger partial charge in [-0.25, -0.2) is 13.8 Å². The maximum absolute atomic E-state index is 13.8. The number of halogens is 1. The fourth-order valence-electron chi connectivity index (χ4n) is 1.77. The standard InChI is InChI=1S/C13H8FN3O2/c14-10-5-1-2-6-11(10)17-12(16-19-13(17)18)9-4-3-7-15-8-9/h1-8H. The molecule has 6 heteroatoms. The summed E-state index contributed by atoms with van der Waals surface area (Å²) in [6, 6.07) is 9.32. The van der Waals surface area contributed by atoms with Crippen molar-refractivity contribution in [1.82, 2.24) is 14.7 Å². The molecule has 0 bridgehead atoms. The van der Waals surface area contributed by atoms with Crippen molar-refractivity contribution in [3.63, 3.8) is 0 Å². The number of para-hydroxylation sites is 1. The summed E-state index contributed by atoms with van der Waals surface area (Å²) in [5.41, 5.74) is 0.657. The summed E-state index contributed by atoms with van der Waals surface area (Å²) in [4.78, 5) is 15.6. The highest BCUT2D eigenvalue weighted by Gasteiger charge is 2.16. The van der Waals surface area contributed by atoms with E-state index < -0.39 is 11.6 Å². The summed E-state index contributed by atoms with van der Waals surface area (Å²) in [5, 5.41) is 3.67. The number of nitrogens with zero attached hydrogens (tertiary/aromatic N) is 3. The van der Waals surface area contributed by atoms with Crippen LogP contribution in [0.4, 0.5) is 4.39 Å². The highest BCUT2D eigenvalue weighted by Crippen LogP contribution is 2.19.